The van der Waals surface area contributed by atoms with Crippen molar-refractivity contribution in [1.29, 1.82) is 0 Å². The van der Waals surface area contributed by atoms with E-state index in [9.17, 15) is 0 Å². The number of nitrogens with zero attached hydrogens (tertiary/aromatic N) is 6. The lowest BCUT2D eigenvalue weighted by atomic mass is 10.2. The lowest BCUT2D eigenvalue weighted by Gasteiger charge is -2.03. The minimum absolute atomic E-state index is 0.376. The number of aryl methyl sites for hydroxylation is 1. The molecule has 0 aromatic carbocycles. The van der Waals surface area contributed by atoms with Gasteiger partial charge in [-0.2, -0.15) is 5.10 Å². The van der Waals surface area contributed by atoms with Crippen molar-refractivity contribution in [3.05, 3.63) is 34.1 Å². The second kappa shape index (κ2) is 3.82. The van der Waals surface area contributed by atoms with Crippen molar-refractivity contribution >= 4 is 5.65 Å². The molecule has 3 rings (SSSR count). The number of hydrogen-bond donors (Lipinski definition) is 0. The zero-order valence-corrected chi connectivity index (χ0v) is 9.74. The normalized spacial score (nSPS) is 15.1. The van der Waals surface area contributed by atoms with Crippen LogP contribution in [0.1, 0.15) is 24.1 Å². The van der Waals surface area contributed by atoms with Gasteiger partial charge in [-0.1, -0.05) is 5.11 Å². The summed E-state index contributed by atoms with van der Waals surface area (Å²) < 4.78 is 4.10. The van der Waals surface area contributed by atoms with Gasteiger partial charge in [0.1, 0.15) is 5.65 Å². The van der Waals surface area contributed by atoms with E-state index in [4.69, 9.17) is 5.53 Å². The van der Waals surface area contributed by atoms with E-state index in [0.717, 1.165) is 29.4 Å². The Kier molecular flexibility index (Phi) is 2.30. The second-order valence-electron chi connectivity index (χ2n) is 4.61. The summed E-state index contributed by atoms with van der Waals surface area (Å²) in [4.78, 5) is 2.82. The molecule has 0 spiro atoms. The number of rotatable bonds is 4. The standard InChI is InChI=1S/C11H14N6/c1-8-10(6-13-15-12)11-16(7-9-2-3-9)4-5-17(11)14-8/h4-5,9H,2-3,6-7H2,1H3. The molecule has 17 heavy (non-hydrogen) atoms. The zero-order valence-electron chi connectivity index (χ0n) is 9.74. The third-order valence-electron chi connectivity index (χ3n) is 3.29. The van der Waals surface area contributed by atoms with E-state index in [2.05, 4.69) is 25.9 Å². The van der Waals surface area contributed by atoms with Gasteiger partial charge >= 0.3 is 0 Å². The lowest BCUT2D eigenvalue weighted by molar-refractivity contribution is 0.642. The Morgan fingerprint density at radius 2 is 2.35 bits per heavy atom. The predicted octanol–water partition coefficient (Wildman–Crippen LogP) is 2.66. The number of azide groups is 1. The van der Waals surface area contributed by atoms with Gasteiger partial charge in [0.05, 0.1) is 12.2 Å². The summed E-state index contributed by atoms with van der Waals surface area (Å²) in [7, 11) is 0. The summed E-state index contributed by atoms with van der Waals surface area (Å²) in [6, 6.07) is 0. The van der Waals surface area contributed by atoms with Gasteiger partial charge in [0, 0.05) is 29.4 Å². The second-order valence-corrected chi connectivity index (χ2v) is 4.61. The first-order valence-corrected chi connectivity index (χ1v) is 5.83. The monoisotopic (exact) mass is 230 g/mol. The number of aromatic nitrogens is 3. The highest BCUT2D eigenvalue weighted by atomic mass is 15.3. The molecular weight excluding hydrogens is 216 g/mol. The fourth-order valence-electron chi connectivity index (χ4n) is 2.21. The Bertz CT molecular complexity index is 597. The van der Waals surface area contributed by atoms with Crippen LogP contribution in [0.5, 0.6) is 0 Å². The Labute approximate surface area is 98.5 Å². The first-order valence-electron chi connectivity index (χ1n) is 5.83. The first kappa shape index (κ1) is 10.2. The molecule has 0 amide bonds. The molecule has 0 aliphatic heterocycles. The van der Waals surface area contributed by atoms with Crippen molar-refractivity contribution in [3.63, 3.8) is 0 Å². The summed E-state index contributed by atoms with van der Waals surface area (Å²) >= 11 is 0. The van der Waals surface area contributed by atoms with Gasteiger partial charge in [0.15, 0.2) is 0 Å². The number of hydrogen-bond acceptors (Lipinski definition) is 2. The average Bonchev–Trinajstić information content (AvgIpc) is 2.96. The van der Waals surface area contributed by atoms with Crippen molar-refractivity contribution < 1.29 is 0 Å². The molecule has 6 heteroatoms. The molecule has 0 bridgehead atoms. The van der Waals surface area contributed by atoms with Gasteiger partial charge in [0.2, 0.25) is 0 Å². The van der Waals surface area contributed by atoms with Crippen LogP contribution in [0.25, 0.3) is 16.1 Å². The van der Waals surface area contributed by atoms with Crippen LogP contribution in [0.2, 0.25) is 0 Å². The molecule has 1 saturated carbocycles. The van der Waals surface area contributed by atoms with Crippen LogP contribution in [0.4, 0.5) is 0 Å². The van der Waals surface area contributed by atoms with Crippen LogP contribution in [-0.4, -0.2) is 14.2 Å². The molecule has 1 fully saturated rings. The van der Waals surface area contributed by atoms with E-state index in [1.54, 1.807) is 0 Å². The molecule has 0 atom stereocenters. The van der Waals surface area contributed by atoms with E-state index in [1.165, 1.54) is 12.8 Å². The minimum Gasteiger partial charge on any atom is -0.331 e. The van der Waals surface area contributed by atoms with E-state index < -0.39 is 0 Å². The molecular formula is C11H14N6. The summed E-state index contributed by atoms with van der Waals surface area (Å²) in [6.45, 7) is 3.38. The first-order chi connectivity index (χ1) is 8.29. The molecule has 1 aliphatic rings. The molecule has 2 heterocycles. The number of fused-ring (bicyclic) bond motifs is 1. The van der Waals surface area contributed by atoms with E-state index in [0.29, 0.717) is 6.54 Å². The topological polar surface area (TPSA) is 71.0 Å². The van der Waals surface area contributed by atoms with E-state index in [-0.39, 0.29) is 0 Å². The highest BCUT2D eigenvalue weighted by Gasteiger charge is 2.23. The molecule has 6 nitrogen and oxygen atoms in total. The maximum Gasteiger partial charge on any atom is 0.139 e. The summed E-state index contributed by atoms with van der Waals surface area (Å²) in [5, 5.41) is 8.08. The molecule has 1 aliphatic carbocycles. The van der Waals surface area contributed by atoms with Crippen LogP contribution >= 0.6 is 0 Å². The van der Waals surface area contributed by atoms with Crippen LogP contribution in [0, 0.1) is 12.8 Å². The lowest BCUT2D eigenvalue weighted by Crippen LogP contribution is -2.00. The summed E-state index contributed by atoms with van der Waals surface area (Å²) in [5.41, 5.74) is 11.5. The Morgan fingerprint density at radius 3 is 3.06 bits per heavy atom. The molecule has 88 valence electrons. The molecule has 2 aromatic rings. The summed E-state index contributed by atoms with van der Waals surface area (Å²) in [5.74, 6) is 0.814. The van der Waals surface area contributed by atoms with E-state index in [1.807, 2.05) is 17.6 Å². The smallest absolute Gasteiger partial charge is 0.139 e. The Balaban J connectivity index is 2.06. The Morgan fingerprint density at radius 1 is 1.53 bits per heavy atom. The third-order valence-corrected chi connectivity index (χ3v) is 3.29. The van der Waals surface area contributed by atoms with Crippen molar-refractivity contribution in [3.8, 4) is 0 Å². The molecule has 0 radical (unpaired) electrons. The minimum atomic E-state index is 0.376. The van der Waals surface area contributed by atoms with E-state index >= 15 is 0 Å². The number of imidazole rings is 1. The van der Waals surface area contributed by atoms with Gasteiger partial charge in [-0.05, 0) is 31.2 Å². The van der Waals surface area contributed by atoms with Crippen LogP contribution < -0.4 is 0 Å². The maximum atomic E-state index is 8.43. The fraction of sp³-hybridized carbons (Fsp3) is 0.545. The SMILES string of the molecule is Cc1nn2ccn(CC3CC3)c2c1CN=[N+]=[N-]. The van der Waals surface area contributed by atoms with Gasteiger partial charge in [-0.25, -0.2) is 4.52 Å². The van der Waals surface area contributed by atoms with Crippen molar-refractivity contribution in [2.75, 3.05) is 0 Å². The largest absolute Gasteiger partial charge is 0.331 e. The zero-order chi connectivity index (χ0) is 11.8. The van der Waals surface area contributed by atoms with Crippen molar-refractivity contribution in [2.45, 2.75) is 32.9 Å². The highest BCUT2D eigenvalue weighted by molar-refractivity contribution is 5.51. The maximum absolute atomic E-state index is 8.43. The summed E-state index contributed by atoms with van der Waals surface area (Å²) in [6.07, 6.45) is 6.66. The average molecular weight is 230 g/mol. The molecule has 2 aromatic heterocycles. The van der Waals surface area contributed by atoms with Gasteiger partial charge in [-0.3, -0.25) is 0 Å². The predicted molar refractivity (Wildman–Crippen MR) is 63.5 cm³/mol. The quantitative estimate of drug-likeness (QED) is 0.452. The van der Waals surface area contributed by atoms with Gasteiger partial charge < -0.3 is 4.57 Å². The van der Waals surface area contributed by atoms with Crippen LogP contribution in [0.15, 0.2) is 17.5 Å². The van der Waals surface area contributed by atoms with Crippen molar-refractivity contribution in [1.82, 2.24) is 14.2 Å². The van der Waals surface area contributed by atoms with Crippen molar-refractivity contribution in [2.24, 2.45) is 11.0 Å². The van der Waals surface area contributed by atoms with Crippen LogP contribution in [0.3, 0.4) is 0 Å². The van der Waals surface area contributed by atoms with Gasteiger partial charge in [-0.15, -0.1) is 0 Å². The van der Waals surface area contributed by atoms with Crippen LogP contribution in [-0.2, 0) is 13.1 Å². The molecule has 0 N–H and O–H groups in total. The molecule has 0 unspecified atom stereocenters. The fourth-order valence-corrected chi connectivity index (χ4v) is 2.21. The third kappa shape index (κ3) is 1.76. The van der Waals surface area contributed by atoms with Gasteiger partial charge in [0.25, 0.3) is 0 Å². The highest BCUT2D eigenvalue weighted by Crippen LogP contribution is 2.31. The Hall–Kier alpha value is -1.94. The molecule has 0 saturated heterocycles.